The third-order valence-electron chi connectivity index (χ3n) is 3.25. The van der Waals surface area contributed by atoms with Gasteiger partial charge in [0.1, 0.15) is 6.61 Å². The first-order chi connectivity index (χ1) is 11.3. The average Bonchev–Trinajstić information content (AvgIpc) is 2.53. The van der Waals surface area contributed by atoms with Crippen molar-refractivity contribution in [3.05, 3.63) is 46.8 Å². The highest BCUT2D eigenvalue weighted by atomic mass is 16.5. The van der Waals surface area contributed by atoms with Gasteiger partial charge in [0.15, 0.2) is 11.4 Å². The lowest BCUT2D eigenvalue weighted by Crippen LogP contribution is -2.09. The Hall–Kier alpha value is -2.63. The Labute approximate surface area is 141 Å². The fraction of sp³-hybridized carbons (Fsp3) is 0.389. The zero-order chi connectivity index (χ0) is 18.1. The molecule has 1 N–H and O–H groups in total. The molecule has 6 nitrogen and oxygen atoms in total. The van der Waals surface area contributed by atoms with Crippen LogP contribution in [-0.4, -0.2) is 35.7 Å². The molecular formula is C18H23NO5. The van der Waals surface area contributed by atoms with Crippen LogP contribution < -0.4 is 4.74 Å². The summed E-state index contributed by atoms with van der Waals surface area (Å²) in [6.45, 7) is 6.25. The van der Waals surface area contributed by atoms with Crippen LogP contribution in [0.4, 0.5) is 0 Å². The summed E-state index contributed by atoms with van der Waals surface area (Å²) in [6, 6.07) is 1.31. The maximum atomic E-state index is 12.0. The summed E-state index contributed by atoms with van der Waals surface area (Å²) < 4.78 is 10.1. The van der Waals surface area contributed by atoms with Crippen LogP contribution in [0.2, 0.25) is 0 Å². The smallest absolute Gasteiger partial charge is 0.358 e. The number of pyridine rings is 1. The summed E-state index contributed by atoms with van der Waals surface area (Å²) in [6.07, 6.45) is 7.04. The zero-order valence-electron chi connectivity index (χ0n) is 14.5. The lowest BCUT2D eigenvalue weighted by Gasteiger charge is -2.07. The van der Waals surface area contributed by atoms with Crippen LogP contribution in [0.15, 0.2) is 35.6 Å². The second-order valence-corrected chi connectivity index (χ2v) is 5.55. The fourth-order valence-electron chi connectivity index (χ4n) is 1.91. The molecule has 0 saturated carbocycles. The maximum absolute atomic E-state index is 12.0. The van der Waals surface area contributed by atoms with Crippen molar-refractivity contribution in [1.82, 2.24) is 4.98 Å². The number of carboxylic acid groups (broad SMARTS) is 1. The topological polar surface area (TPSA) is 85.7 Å². The van der Waals surface area contributed by atoms with E-state index in [4.69, 9.17) is 14.6 Å². The lowest BCUT2D eigenvalue weighted by molar-refractivity contribution is 0.0545. The molecule has 0 bridgehead atoms. The van der Waals surface area contributed by atoms with E-state index in [0.29, 0.717) is 0 Å². The van der Waals surface area contributed by atoms with Gasteiger partial charge in [0.05, 0.1) is 12.7 Å². The number of carbonyl (C=O) groups excluding carboxylic acids is 1. The lowest BCUT2D eigenvalue weighted by atomic mass is 10.1. The molecule has 130 valence electrons. The third kappa shape index (κ3) is 6.24. The van der Waals surface area contributed by atoms with Gasteiger partial charge in [-0.2, -0.15) is 0 Å². The molecule has 1 heterocycles. The quantitative estimate of drug-likeness (QED) is 0.577. The summed E-state index contributed by atoms with van der Waals surface area (Å²) in [5.41, 5.74) is 2.31. The summed E-state index contributed by atoms with van der Waals surface area (Å²) in [5.74, 6) is -1.78. The third-order valence-corrected chi connectivity index (χ3v) is 3.25. The van der Waals surface area contributed by atoms with E-state index in [1.807, 2.05) is 13.0 Å². The van der Waals surface area contributed by atoms with Gasteiger partial charge in [0.2, 0.25) is 0 Å². The van der Waals surface area contributed by atoms with Crippen molar-refractivity contribution in [3.63, 3.8) is 0 Å². The van der Waals surface area contributed by atoms with Gasteiger partial charge in [-0.1, -0.05) is 17.2 Å². The number of hydrogen-bond donors (Lipinski definition) is 1. The summed E-state index contributed by atoms with van der Waals surface area (Å²) in [7, 11) is 1.32. The maximum Gasteiger partial charge on any atom is 0.358 e. The van der Waals surface area contributed by atoms with Crippen LogP contribution >= 0.6 is 0 Å². The van der Waals surface area contributed by atoms with Crippen LogP contribution in [0.1, 0.15) is 54.5 Å². The van der Waals surface area contributed by atoms with E-state index < -0.39 is 11.9 Å². The molecule has 1 aromatic rings. The minimum Gasteiger partial charge on any atom is -0.494 e. The molecule has 0 aromatic carbocycles. The van der Waals surface area contributed by atoms with Crippen LogP contribution in [0.5, 0.6) is 5.75 Å². The number of hydrogen-bond acceptors (Lipinski definition) is 5. The first-order valence-corrected chi connectivity index (χ1v) is 7.58. The Bertz CT molecular complexity index is 657. The monoisotopic (exact) mass is 333 g/mol. The zero-order valence-corrected chi connectivity index (χ0v) is 14.5. The molecule has 0 radical (unpaired) electrons. The molecule has 0 fully saturated rings. The Morgan fingerprint density at radius 1 is 1.25 bits per heavy atom. The van der Waals surface area contributed by atoms with Crippen LogP contribution in [0.3, 0.4) is 0 Å². The van der Waals surface area contributed by atoms with Crippen LogP contribution in [-0.2, 0) is 4.74 Å². The van der Waals surface area contributed by atoms with Gasteiger partial charge in [-0.25, -0.2) is 14.6 Å². The number of ether oxygens (including phenoxy) is 2. The second kappa shape index (κ2) is 9.50. The normalized spacial score (nSPS) is 10.9. The van der Waals surface area contributed by atoms with Gasteiger partial charge >= 0.3 is 11.9 Å². The molecule has 0 spiro atoms. The van der Waals surface area contributed by atoms with Crippen LogP contribution in [0.25, 0.3) is 0 Å². The number of esters is 1. The average molecular weight is 333 g/mol. The minimum atomic E-state index is -1.22. The molecule has 1 aromatic heterocycles. The van der Waals surface area contributed by atoms with E-state index in [1.54, 1.807) is 0 Å². The van der Waals surface area contributed by atoms with E-state index in [2.05, 4.69) is 24.9 Å². The van der Waals surface area contributed by atoms with Gasteiger partial charge in [0.25, 0.3) is 0 Å². The predicted octanol–water partition coefficient (Wildman–Crippen LogP) is 3.64. The number of rotatable bonds is 8. The Morgan fingerprint density at radius 2 is 1.96 bits per heavy atom. The van der Waals surface area contributed by atoms with E-state index in [0.717, 1.165) is 18.4 Å². The van der Waals surface area contributed by atoms with Crippen molar-refractivity contribution >= 4 is 11.9 Å². The minimum absolute atomic E-state index is 0.0189. The van der Waals surface area contributed by atoms with Gasteiger partial charge < -0.3 is 14.6 Å². The van der Waals surface area contributed by atoms with Crippen LogP contribution in [0, 0.1) is 0 Å². The second-order valence-electron chi connectivity index (χ2n) is 5.55. The highest BCUT2D eigenvalue weighted by molar-refractivity contribution is 5.93. The van der Waals surface area contributed by atoms with E-state index in [-0.39, 0.29) is 23.6 Å². The highest BCUT2D eigenvalue weighted by Crippen LogP contribution is 2.18. The standard InChI is InChI=1S/C18H23NO5/c1-12(2)6-5-7-13(3)8-9-24-18(22)14-10-15(23-4)16(17(20)21)19-11-14/h6,8,10-11H,5,7,9H2,1-4H3,(H,20,21)/b13-8+. The number of aromatic carboxylic acids is 1. The molecule has 24 heavy (non-hydrogen) atoms. The number of nitrogens with zero attached hydrogens (tertiary/aromatic N) is 1. The molecular weight excluding hydrogens is 310 g/mol. The molecule has 0 saturated heterocycles. The summed E-state index contributed by atoms with van der Waals surface area (Å²) >= 11 is 0. The molecule has 0 aliphatic rings. The fourth-order valence-corrected chi connectivity index (χ4v) is 1.91. The number of aromatic nitrogens is 1. The van der Waals surface area contributed by atoms with E-state index in [9.17, 15) is 9.59 Å². The molecule has 0 aliphatic heterocycles. The van der Waals surface area contributed by atoms with Gasteiger partial charge in [-0.3, -0.25) is 0 Å². The van der Waals surface area contributed by atoms with Gasteiger partial charge in [0, 0.05) is 6.20 Å². The van der Waals surface area contributed by atoms with Crippen molar-refractivity contribution in [2.24, 2.45) is 0 Å². The Balaban J connectivity index is 2.62. The predicted molar refractivity (Wildman–Crippen MR) is 90.5 cm³/mol. The highest BCUT2D eigenvalue weighted by Gasteiger charge is 2.16. The Kier molecular flexibility index (Phi) is 7.68. The van der Waals surface area contributed by atoms with Crippen molar-refractivity contribution in [2.75, 3.05) is 13.7 Å². The van der Waals surface area contributed by atoms with Crippen molar-refractivity contribution in [2.45, 2.75) is 33.6 Å². The first-order valence-electron chi connectivity index (χ1n) is 7.58. The number of allylic oxidation sites excluding steroid dienone is 3. The van der Waals surface area contributed by atoms with Crippen molar-refractivity contribution in [3.8, 4) is 5.75 Å². The summed E-state index contributed by atoms with van der Waals surface area (Å²) in [4.78, 5) is 26.7. The largest absolute Gasteiger partial charge is 0.494 e. The van der Waals surface area contributed by atoms with Gasteiger partial charge in [-0.15, -0.1) is 0 Å². The van der Waals surface area contributed by atoms with E-state index in [1.165, 1.54) is 24.9 Å². The van der Waals surface area contributed by atoms with Gasteiger partial charge in [-0.05, 0) is 45.8 Å². The number of carbonyl (C=O) groups is 2. The molecule has 1 rings (SSSR count). The molecule has 0 unspecified atom stereocenters. The first kappa shape index (κ1) is 19.4. The molecule has 0 amide bonds. The molecule has 0 aliphatic carbocycles. The molecule has 0 atom stereocenters. The van der Waals surface area contributed by atoms with E-state index >= 15 is 0 Å². The number of methoxy groups -OCH3 is 1. The SMILES string of the molecule is COc1cc(C(=O)OC/C=C(\C)CCC=C(C)C)cnc1C(=O)O. The summed E-state index contributed by atoms with van der Waals surface area (Å²) in [5, 5.41) is 8.96. The Morgan fingerprint density at radius 3 is 2.54 bits per heavy atom. The van der Waals surface area contributed by atoms with Crippen molar-refractivity contribution in [1.29, 1.82) is 0 Å². The molecule has 6 heteroatoms. The number of carboxylic acids is 1. The van der Waals surface area contributed by atoms with Crippen molar-refractivity contribution < 1.29 is 24.2 Å².